The zero-order chi connectivity index (χ0) is 12.4. The number of para-hydroxylation sites is 1. The van der Waals surface area contributed by atoms with Crippen LogP contribution in [0.1, 0.15) is 11.1 Å². The number of thiophene rings is 1. The molecule has 3 rings (SSSR count). The maximum absolute atomic E-state index is 12.2. The number of fused-ring (bicyclic) bond motifs is 1. The second kappa shape index (κ2) is 4.92. The standard InChI is InChI=1S/C14H14N2OS/c17-14-8-15-7-12-3-1-2-4-13(12)16(14)9-11-5-6-18-10-11/h1-6,10,15H,7-9H2. The molecule has 1 aliphatic heterocycles. The lowest BCUT2D eigenvalue weighted by atomic mass is 10.1. The molecule has 2 aromatic rings. The van der Waals surface area contributed by atoms with Crippen LogP contribution in [-0.4, -0.2) is 12.5 Å². The summed E-state index contributed by atoms with van der Waals surface area (Å²) in [6.45, 7) is 1.81. The first-order chi connectivity index (χ1) is 8.84. The van der Waals surface area contributed by atoms with Gasteiger partial charge in [0.05, 0.1) is 13.1 Å². The molecule has 3 nitrogen and oxygen atoms in total. The van der Waals surface area contributed by atoms with E-state index in [0.717, 1.165) is 12.2 Å². The van der Waals surface area contributed by atoms with Crippen molar-refractivity contribution >= 4 is 22.9 Å². The highest BCUT2D eigenvalue weighted by molar-refractivity contribution is 7.07. The summed E-state index contributed by atoms with van der Waals surface area (Å²) in [6.07, 6.45) is 0. The Bertz CT molecular complexity index is 551. The molecule has 0 saturated carbocycles. The van der Waals surface area contributed by atoms with Crippen molar-refractivity contribution < 1.29 is 4.79 Å². The molecule has 4 heteroatoms. The first-order valence-corrected chi connectivity index (χ1v) is 6.89. The summed E-state index contributed by atoms with van der Waals surface area (Å²) in [5, 5.41) is 7.31. The molecule has 0 bridgehead atoms. The molecule has 1 N–H and O–H groups in total. The molecule has 1 amide bonds. The van der Waals surface area contributed by atoms with Crippen LogP contribution in [0.5, 0.6) is 0 Å². The summed E-state index contributed by atoms with van der Waals surface area (Å²) in [7, 11) is 0. The molecule has 0 spiro atoms. The minimum Gasteiger partial charge on any atom is -0.307 e. The number of anilines is 1. The van der Waals surface area contributed by atoms with Crippen molar-refractivity contribution in [3.63, 3.8) is 0 Å². The Kier molecular flexibility index (Phi) is 3.13. The minimum absolute atomic E-state index is 0.131. The predicted molar refractivity (Wildman–Crippen MR) is 73.7 cm³/mol. The number of rotatable bonds is 2. The molecule has 0 aliphatic carbocycles. The molecule has 0 unspecified atom stereocenters. The van der Waals surface area contributed by atoms with Gasteiger partial charge in [0.15, 0.2) is 0 Å². The summed E-state index contributed by atoms with van der Waals surface area (Å²) in [4.78, 5) is 14.0. The number of hydrogen-bond donors (Lipinski definition) is 1. The van der Waals surface area contributed by atoms with Crippen LogP contribution in [0.2, 0.25) is 0 Å². The van der Waals surface area contributed by atoms with Crippen molar-refractivity contribution in [2.24, 2.45) is 0 Å². The normalized spacial score (nSPS) is 15.3. The minimum atomic E-state index is 0.131. The van der Waals surface area contributed by atoms with Gasteiger partial charge in [-0.2, -0.15) is 11.3 Å². The number of nitrogens with one attached hydrogen (secondary N) is 1. The van der Waals surface area contributed by atoms with Gasteiger partial charge in [0.2, 0.25) is 5.91 Å². The van der Waals surface area contributed by atoms with Gasteiger partial charge in [0.1, 0.15) is 0 Å². The van der Waals surface area contributed by atoms with E-state index in [2.05, 4.69) is 22.8 Å². The fraction of sp³-hybridized carbons (Fsp3) is 0.214. The number of amides is 1. The third-order valence-electron chi connectivity index (χ3n) is 3.10. The second-order valence-corrected chi connectivity index (χ2v) is 5.12. The van der Waals surface area contributed by atoms with Gasteiger partial charge in [-0.25, -0.2) is 0 Å². The van der Waals surface area contributed by atoms with Crippen molar-refractivity contribution in [3.05, 3.63) is 52.2 Å². The van der Waals surface area contributed by atoms with Crippen molar-refractivity contribution in [1.29, 1.82) is 0 Å². The zero-order valence-corrected chi connectivity index (χ0v) is 10.7. The Morgan fingerprint density at radius 3 is 2.94 bits per heavy atom. The van der Waals surface area contributed by atoms with Crippen LogP contribution in [0, 0.1) is 0 Å². The topological polar surface area (TPSA) is 32.3 Å². The molecule has 1 aromatic heterocycles. The van der Waals surface area contributed by atoms with Crippen LogP contribution in [0.25, 0.3) is 0 Å². The third kappa shape index (κ3) is 2.17. The quantitative estimate of drug-likeness (QED) is 0.897. The largest absolute Gasteiger partial charge is 0.307 e. The smallest absolute Gasteiger partial charge is 0.241 e. The van der Waals surface area contributed by atoms with E-state index in [0.29, 0.717) is 13.1 Å². The number of carbonyl (C=O) groups is 1. The van der Waals surface area contributed by atoms with Gasteiger partial charge in [-0.05, 0) is 34.0 Å². The monoisotopic (exact) mass is 258 g/mol. The molecule has 1 aliphatic rings. The molecule has 1 aromatic carbocycles. The molecular weight excluding hydrogens is 244 g/mol. The molecule has 18 heavy (non-hydrogen) atoms. The highest BCUT2D eigenvalue weighted by atomic mass is 32.1. The lowest BCUT2D eigenvalue weighted by Gasteiger charge is -2.22. The molecule has 0 saturated heterocycles. The first-order valence-electron chi connectivity index (χ1n) is 5.94. The number of carbonyl (C=O) groups excluding carboxylic acids is 1. The van der Waals surface area contributed by atoms with Gasteiger partial charge in [-0.15, -0.1) is 0 Å². The highest BCUT2D eigenvalue weighted by Gasteiger charge is 2.21. The van der Waals surface area contributed by atoms with Crippen molar-refractivity contribution in [2.75, 3.05) is 11.4 Å². The average molecular weight is 258 g/mol. The van der Waals surface area contributed by atoms with E-state index < -0.39 is 0 Å². The van der Waals surface area contributed by atoms with E-state index in [-0.39, 0.29) is 5.91 Å². The van der Waals surface area contributed by atoms with Crippen LogP contribution in [-0.2, 0) is 17.9 Å². The Labute approximate surface area is 110 Å². The van der Waals surface area contributed by atoms with E-state index in [1.807, 2.05) is 28.5 Å². The Balaban J connectivity index is 1.97. The second-order valence-electron chi connectivity index (χ2n) is 4.34. The molecular formula is C14H14N2OS. The Morgan fingerprint density at radius 1 is 1.22 bits per heavy atom. The lowest BCUT2D eigenvalue weighted by molar-refractivity contribution is -0.117. The number of nitrogens with zero attached hydrogens (tertiary/aromatic N) is 1. The highest BCUT2D eigenvalue weighted by Crippen LogP contribution is 2.24. The van der Waals surface area contributed by atoms with Crippen LogP contribution in [0.15, 0.2) is 41.1 Å². The fourth-order valence-corrected chi connectivity index (χ4v) is 2.86. The first kappa shape index (κ1) is 11.4. The SMILES string of the molecule is O=C1CNCc2ccccc2N1Cc1ccsc1. The van der Waals surface area contributed by atoms with Crippen LogP contribution < -0.4 is 10.2 Å². The van der Waals surface area contributed by atoms with Gasteiger partial charge in [0, 0.05) is 12.2 Å². The third-order valence-corrected chi connectivity index (χ3v) is 3.83. The summed E-state index contributed by atoms with van der Waals surface area (Å²) in [5.41, 5.74) is 3.39. The maximum atomic E-state index is 12.2. The molecule has 2 heterocycles. The van der Waals surface area contributed by atoms with E-state index in [1.54, 1.807) is 11.3 Å². The van der Waals surface area contributed by atoms with Crippen LogP contribution in [0.3, 0.4) is 0 Å². The Hall–Kier alpha value is -1.65. The summed E-state index contributed by atoms with van der Waals surface area (Å²) >= 11 is 1.66. The maximum Gasteiger partial charge on any atom is 0.241 e. The zero-order valence-electron chi connectivity index (χ0n) is 9.93. The van der Waals surface area contributed by atoms with Gasteiger partial charge in [-0.1, -0.05) is 18.2 Å². The van der Waals surface area contributed by atoms with Gasteiger partial charge >= 0.3 is 0 Å². The van der Waals surface area contributed by atoms with Gasteiger partial charge in [0.25, 0.3) is 0 Å². The Morgan fingerprint density at radius 2 is 2.11 bits per heavy atom. The van der Waals surface area contributed by atoms with Gasteiger partial charge in [-0.3, -0.25) is 4.79 Å². The van der Waals surface area contributed by atoms with E-state index >= 15 is 0 Å². The molecule has 0 fully saturated rings. The van der Waals surface area contributed by atoms with Crippen molar-refractivity contribution in [3.8, 4) is 0 Å². The van der Waals surface area contributed by atoms with Gasteiger partial charge < -0.3 is 10.2 Å². The van der Waals surface area contributed by atoms with Crippen LogP contribution >= 0.6 is 11.3 Å². The van der Waals surface area contributed by atoms with E-state index in [9.17, 15) is 4.79 Å². The number of hydrogen-bond acceptors (Lipinski definition) is 3. The summed E-state index contributed by atoms with van der Waals surface area (Å²) in [6, 6.07) is 10.2. The summed E-state index contributed by atoms with van der Waals surface area (Å²) < 4.78 is 0. The van der Waals surface area contributed by atoms with E-state index in [4.69, 9.17) is 0 Å². The fourth-order valence-electron chi connectivity index (χ4n) is 2.20. The predicted octanol–water partition coefficient (Wildman–Crippen LogP) is 2.38. The molecule has 0 radical (unpaired) electrons. The molecule has 0 atom stereocenters. The van der Waals surface area contributed by atoms with Crippen LogP contribution in [0.4, 0.5) is 5.69 Å². The lowest BCUT2D eigenvalue weighted by Crippen LogP contribution is -2.34. The van der Waals surface area contributed by atoms with E-state index in [1.165, 1.54) is 11.1 Å². The average Bonchev–Trinajstić information content (AvgIpc) is 2.84. The summed E-state index contributed by atoms with van der Waals surface area (Å²) in [5.74, 6) is 0.131. The van der Waals surface area contributed by atoms with Crippen molar-refractivity contribution in [2.45, 2.75) is 13.1 Å². The van der Waals surface area contributed by atoms with Crippen molar-refractivity contribution in [1.82, 2.24) is 5.32 Å². The molecule has 92 valence electrons. The number of benzene rings is 1.